The fourth-order valence-electron chi connectivity index (χ4n) is 2.58. The monoisotopic (exact) mass is 269 g/mol. The van der Waals surface area contributed by atoms with Crippen LogP contribution in [0.15, 0.2) is 35.8 Å². The molecule has 0 unspecified atom stereocenters. The number of aromatic nitrogens is 2. The lowest BCUT2D eigenvalue weighted by atomic mass is 10.1. The van der Waals surface area contributed by atoms with Crippen LogP contribution in [-0.2, 0) is 6.54 Å². The molecule has 1 aromatic heterocycles. The second-order valence-electron chi connectivity index (χ2n) is 5.32. The van der Waals surface area contributed by atoms with Crippen molar-refractivity contribution < 1.29 is 5.11 Å². The van der Waals surface area contributed by atoms with E-state index in [9.17, 15) is 10.0 Å². The summed E-state index contributed by atoms with van der Waals surface area (Å²) in [4.78, 5) is 15.5. The summed E-state index contributed by atoms with van der Waals surface area (Å²) in [6.45, 7) is 4.90. The van der Waals surface area contributed by atoms with E-state index >= 15 is 0 Å². The van der Waals surface area contributed by atoms with Crippen LogP contribution in [0.3, 0.4) is 0 Å². The zero-order valence-electron chi connectivity index (χ0n) is 11.4. The van der Waals surface area contributed by atoms with Gasteiger partial charge in [-0.2, -0.15) is 0 Å². The van der Waals surface area contributed by atoms with Crippen LogP contribution >= 0.6 is 0 Å². The van der Waals surface area contributed by atoms with Crippen molar-refractivity contribution in [1.29, 1.82) is 0 Å². The molecule has 0 radical (unpaired) electrons. The van der Waals surface area contributed by atoms with Crippen molar-refractivity contribution in [3.8, 4) is 5.75 Å². The summed E-state index contributed by atoms with van der Waals surface area (Å²) in [5.74, 6) is 0.562. The third-order valence-corrected chi connectivity index (χ3v) is 3.38. The van der Waals surface area contributed by atoms with Crippen LogP contribution in [0.25, 0.3) is 21.8 Å². The maximum Gasteiger partial charge on any atom is 0.149 e. The Labute approximate surface area is 115 Å². The van der Waals surface area contributed by atoms with E-state index in [1.807, 2.05) is 16.7 Å². The summed E-state index contributed by atoms with van der Waals surface area (Å²) < 4.78 is 1.87. The van der Waals surface area contributed by atoms with E-state index in [-0.39, 0.29) is 11.4 Å². The molecule has 0 atom stereocenters. The molecule has 0 saturated heterocycles. The number of fused-ring (bicyclic) bond motifs is 2. The number of phenolic OH excluding ortho intramolecular Hbond substituents is 1. The fraction of sp³-hybridized carbons (Fsp3) is 0.267. The lowest BCUT2D eigenvalue weighted by Gasteiger charge is -2.10. The normalized spacial score (nSPS) is 11.6. The van der Waals surface area contributed by atoms with E-state index < -0.39 is 0 Å². The van der Waals surface area contributed by atoms with Gasteiger partial charge in [-0.25, -0.2) is 4.98 Å². The van der Waals surface area contributed by atoms with Gasteiger partial charge in [0.25, 0.3) is 0 Å². The Balaban J connectivity index is 2.45. The Hall–Kier alpha value is -2.43. The second kappa shape index (κ2) is 4.59. The molecule has 3 rings (SSSR count). The molecule has 0 aliphatic carbocycles. The lowest BCUT2D eigenvalue weighted by Crippen LogP contribution is -2.02. The van der Waals surface area contributed by atoms with Gasteiger partial charge in [-0.1, -0.05) is 38.1 Å². The van der Waals surface area contributed by atoms with Crippen LogP contribution in [0.5, 0.6) is 5.75 Å². The van der Waals surface area contributed by atoms with E-state index in [4.69, 9.17) is 0 Å². The molecule has 0 saturated carbocycles. The highest BCUT2D eigenvalue weighted by Gasteiger charge is 2.18. The minimum Gasteiger partial charge on any atom is -0.505 e. The molecular formula is C15H15N3O2. The van der Waals surface area contributed by atoms with Crippen molar-refractivity contribution in [3.05, 3.63) is 35.5 Å². The van der Waals surface area contributed by atoms with Crippen molar-refractivity contribution in [2.24, 2.45) is 11.1 Å². The Morgan fingerprint density at radius 3 is 2.65 bits per heavy atom. The number of phenols is 1. The van der Waals surface area contributed by atoms with Gasteiger partial charge in [-0.3, -0.25) is 0 Å². The van der Waals surface area contributed by atoms with Crippen LogP contribution in [0.4, 0.5) is 5.69 Å². The predicted octanol–water partition coefficient (Wildman–Crippen LogP) is 3.95. The van der Waals surface area contributed by atoms with Gasteiger partial charge < -0.3 is 9.67 Å². The molecule has 102 valence electrons. The van der Waals surface area contributed by atoms with Crippen molar-refractivity contribution in [2.75, 3.05) is 0 Å². The number of aromatic hydroxyl groups is 1. The van der Waals surface area contributed by atoms with Crippen molar-refractivity contribution in [3.63, 3.8) is 0 Å². The summed E-state index contributed by atoms with van der Waals surface area (Å²) >= 11 is 0. The number of hydrogen-bond acceptors (Lipinski definition) is 4. The molecule has 0 fully saturated rings. The smallest absolute Gasteiger partial charge is 0.149 e. The average Bonchev–Trinajstić information content (AvgIpc) is 2.83. The molecule has 0 bridgehead atoms. The van der Waals surface area contributed by atoms with Crippen LogP contribution in [-0.4, -0.2) is 14.7 Å². The SMILES string of the molecule is CC(C)Cn1cnc2c(N=O)c3ccccc3c(O)c21. The highest BCUT2D eigenvalue weighted by molar-refractivity contribution is 6.12. The number of hydrogen-bond donors (Lipinski definition) is 1. The molecule has 0 spiro atoms. The third kappa shape index (κ3) is 1.74. The van der Waals surface area contributed by atoms with Crippen LogP contribution in [0.1, 0.15) is 13.8 Å². The van der Waals surface area contributed by atoms with E-state index in [0.29, 0.717) is 27.7 Å². The maximum atomic E-state index is 11.2. The molecule has 5 nitrogen and oxygen atoms in total. The van der Waals surface area contributed by atoms with Gasteiger partial charge in [0.1, 0.15) is 22.5 Å². The quantitative estimate of drug-likeness (QED) is 0.732. The van der Waals surface area contributed by atoms with Crippen LogP contribution < -0.4 is 0 Å². The molecule has 20 heavy (non-hydrogen) atoms. The van der Waals surface area contributed by atoms with Crippen molar-refractivity contribution >= 4 is 27.5 Å². The molecular weight excluding hydrogens is 254 g/mol. The first-order valence-corrected chi connectivity index (χ1v) is 6.55. The Kier molecular flexibility index (Phi) is 2.89. The van der Waals surface area contributed by atoms with E-state index in [1.54, 1.807) is 18.5 Å². The van der Waals surface area contributed by atoms with Crippen molar-refractivity contribution in [1.82, 2.24) is 9.55 Å². The summed E-state index contributed by atoms with van der Waals surface area (Å²) in [5.41, 5.74) is 1.32. The molecule has 1 N–H and O–H groups in total. The number of rotatable bonds is 3. The number of benzene rings is 2. The lowest BCUT2D eigenvalue weighted by molar-refractivity contribution is 0.477. The largest absolute Gasteiger partial charge is 0.505 e. The van der Waals surface area contributed by atoms with E-state index in [2.05, 4.69) is 24.0 Å². The first-order chi connectivity index (χ1) is 9.63. The maximum absolute atomic E-state index is 11.2. The minimum atomic E-state index is 0.154. The first-order valence-electron chi connectivity index (χ1n) is 6.55. The van der Waals surface area contributed by atoms with Gasteiger partial charge >= 0.3 is 0 Å². The zero-order chi connectivity index (χ0) is 14.3. The second-order valence-corrected chi connectivity index (χ2v) is 5.32. The number of imidazole rings is 1. The topological polar surface area (TPSA) is 67.5 Å². The minimum absolute atomic E-state index is 0.154. The fourth-order valence-corrected chi connectivity index (χ4v) is 2.58. The molecule has 0 aliphatic rings. The molecule has 3 aromatic rings. The van der Waals surface area contributed by atoms with Crippen molar-refractivity contribution in [2.45, 2.75) is 20.4 Å². The molecule has 0 aliphatic heterocycles. The van der Waals surface area contributed by atoms with Gasteiger partial charge in [0.05, 0.1) is 6.33 Å². The average molecular weight is 269 g/mol. The Morgan fingerprint density at radius 2 is 2.00 bits per heavy atom. The van der Waals surface area contributed by atoms with Gasteiger partial charge in [-0.15, -0.1) is 4.91 Å². The summed E-state index contributed by atoms with van der Waals surface area (Å²) in [6, 6.07) is 7.19. The number of nitroso groups, excluding NO2 is 1. The van der Waals surface area contributed by atoms with E-state index in [0.717, 1.165) is 6.54 Å². The molecule has 2 aromatic carbocycles. The summed E-state index contributed by atoms with van der Waals surface area (Å²) in [6.07, 6.45) is 1.65. The molecule has 1 heterocycles. The van der Waals surface area contributed by atoms with Gasteiger partial charge in [-0.05, 0) is 11.1 Å². The predicted molar refractivity (Wildman–Crippen MR) is 79.2 cm³/mol. The molecule has 5 heteroatoms. The standard InChI is InChI=1S/C15H15N3O2/c1-9(2)7-18-8-16-13-12(17-20)10-5-3-4-6-11(10)15(19)14(13)18/h3-6,8-9,19H,7H2,1-2H3. The first kappa shape index (κ1) is 12.6. The van der Waals surface area contributed by atoms with Crippen LogP contribution in [0, 0.1) is 10.8 Å². The van der Waals surface area contributed by atoms with Gasteiger partial charge in [0.2, 0.25) is 0 Å². The van der Waals surface area contributed by atoms with Crippen LogP contribution in [0.2, 0.25) is 0 Å². The summed E-state index contributed by atoms with van der Waals surface area (Å²) in [7, 11) is 0. The van der Waals surface area contributed by atoms with Gasteiger partial charge in [0, 0.05) is 17.3 Å². The van der Waals surface area contributed by atoms with Gasteiger partial charge in [0.15, 0.2) is 0 Å². The zero-order valence-corrected chi connectivity index (χ0v) is 11.4. The Morgan fingerprint density at radius 1 is 1.30 bits per heavy atom. The van der Waals surface area contributed by atoms with E-state index in [1.165, 1.54) is 0 Å². The summed E-state index contributed by atoms with van der Waals surface area (Å²) in [5, 5.41) is 14.9. The highest BCUT2D eigenvalue weighted by Crippen LogP contribution is 2.41. The molecule has 0 amide bonds. The highest BCUT2D eigenvalue weighted by atomic mass is 16.3. The number of nitrogens with zero attached hydrogens (tertiary/aromatic N) is 3. The Bertz CT molecular complexity index is 806. The third-order valence-electron chi connectivity index (χ3n) is 3.38.